The molecule has 0 atom stereocenters. The molecule has 0 N–H and O–H groups in total. The van der Waals surface area contributed by atoms with Gasteiger partial charge in [0.1, 0.15) is 0 Å². The van der Waals surface area contributed by atoms with Crippen LogP contribution in [0.5, 0.6) is 0 Å². The van der Waals surface area contributed by atoms with E-state index in [0.717, 1.165) is 45.6 Å². The molecule has 0 saturated carbocycles. The van der Waals surface area contributed by atoms with E-state index in [2.05, 4.69) is 43.7 Å². The Morgan fingerprint density at radius 3 is 2.22 bits per heavy atom. The van der Waals surface area contributed by atoms with Gasteiger partial charge >= 0.3 is 5.97 Å². The van der Waals surface area contributed by atoms with Crippen LogP contribution in [0.15, 0.2) is 18.2 Å². The molecule has 1 aromatic rings. The van der Waals surface area contributed by atoms with Crippen molar-refractivity contribution >= 4 is 5.97 Å². The number of methoxy groups -OCH3 is 1. The zero-order chi connectivity index (χ0) is 17.2. The molecule has 0 bridgehead atoms. The first-order chi connectivity index (χ1) is 11.0. The Balaban J connectivity index is 2.60. The predicted molar refractivity (Wildman–Crippen MR) is 96.1 cm³/mol. The Labute approximate surface area is 141 Å². The molecule has 4 heteroatoms. The number of carbonyl (C=O) groups excluding carboxylic acids is 1. The van der Waals surface area contributed by atoms with Crippen molar-refractivity contribution in [1.29, 1.82) is 0 Å². The van der Waals surface area contributed by atoms with Gasteiger partial charge in [-0.05, 0) is 56.2 Å². The minimum Gasteiger partial charge on any atom is -0.465 e. The van der Waals surface area contributed by atoms with Gasteiger partial charge in [-0.15, -0.1) is 0 Å². The van der Waals surface area contributed by atoms with E-state index in [1.165, 1.54) is 18.2 Å². The van der Waals surface area contributed by atoms with E-state index in [9.17, 15) is 4.79 Å². The monoisotopic (exact) mass is 320 g/mol. The summed E-state index contributed by atoms with van der Waals surface area (Å²) in [6, 6.07) is 6.09. The lowest BCUT2D eigenvalue weighted by molar-refractivity contribution is 0.0600. The van der Waals surface area contributed by atoms with Crippen molar-refractivity contribution in [3.63, 3.8) is 0 Å². The minimum absolute atomic E-state index is 0.253. The van der Waals surface area contributed by atoms with Gasteiger partial charge < -0.3 is 14.5 Å². The number of hydrogen-bond donors (Lipinski definition) is 0. The van der Waals surface area contributed by atoms with Crippen LogP contribution in [0.25, 0.3) is 0 Å². The van der Waals surface area contributed by atoms with Crippen molar-refractivity contribution in [1.82, 2.24) is 9.80 Å². The molecule has 23 heavy (non-hydrogen) atoms. The van der Waals surface area contributed by atoms with Gasteiger partial charge in [0, 0.05) is 19.6 Å². The van der Waals surface area contributed by atoms with Crippen LogP contribution in [-0.4, -0.2) is 62.7 Å². The second-order valence-electron chi connectivity index (χ2n) is 5.96. The quantitative estimate of drug-likeness (QED) is 0.621. The third kappa shape index (κ3) is 6.71. The van der Waals surface area contributed by atoms with Crippen LogP contribution in [-0.2, 0) is 17.6 Å². The molecule has 0 saturated heterocycles. The lowest BCUT2D eigenvalue weighted by Gasteiger charge is -2.23. The van der Waals surface area contributed by atoms with E-state index in [4.69, 9.17) is 4.74 Å². The molecule has 1 rings (SSSR count). The van der Waals surface area contributed by atoms with Crippen molar-refractivity contribution in [3.8, 4) is 0 Å². The van der Waals surface area contributed by atoms with E-state index in [-0.39, 0.29) is 5.97 Å². The van der Waals surface area contributed by atoms with Crippen molar-refractivity contribution < 1.29 is 9.53 Å². The Kier molecular flexibility index (Phi) is 8.89. The molecule has 0 radical (unpaired) electrons. The average molecular weight is 320 g/mol. The molecule has 4 nitrogen and oxygen atoms in total. The first-order valence-corrected chi connectivity index (χ1v) is 8.66. The Morgan fingerprint density at radius 2 is 1.65 bits per heavy atom. The highest BCUT2D eigenvalue weighted by Crippen LogP contribution is 2.13. The SMILES string of the molecule is CCc1cc(CCN(C)CCN(CC)CC)cc(C(=O)OC)c1. The molecule has 0 heterocycles. The van der Waals surface area contributed by atoms with Gasteiger partial charge in [0.2, 0.25) is 0 Å². The van der Waals surface area contributed by atoms with Crippen LogP contribution < -0.4 is 0 Å². The molecule has 0 aliphatic heterocycles. The van der Waals surface area contributed by atoms with Gasteiger partial charge in [-0.1, -0.05) is 26.8 Å². The summed E-state index contributed by atoms with van der Waals surface area (Å²) in [4.78, 5) is 16.6. The van der Waals surface area contributed by atoms with E-state index >= 15 is 0 Å². The maximum absolute atomic E-state index is 11.8. The van der Waals surface area contributed by atoms with Crippen molar-refractivity contribution in [2.24, 2.45) is 0 Å². The fourth-order valence-corrected chi connectivity index (χ4v) is 2.63. The van der Waals surface area contributed by atoms with Crippen LogP contribution in [0.2, 0.25) is 0 Å². The van der Waals surface area contributed by atoms with Crippen LogP contribution in [0.3, 0.4) is 0 Å². The van der Waals surface area contributed by atoms with E-state index in [1.807, 2.05) is 12.1 Å². The Bertz CT molecular complexity index is 484. The normalized spacial score (nSPS) is 11.3. The number of carbonyl (C=O) groups is 1. The standard InChI is InChI=1S/C19H32N2O2/c1-6-16-13-17(15-18(14-16)19(22)23-5)9-10-20(4)11-12-21(7-2)8-3/h13-15H,6-12H2,1-5H3. The molecular formula is C19H32N2O2. The second kappa shape index (κ2) is 10.4. The summed E-state index contributed by atoms with van der Waals surface area (Å²) in [5.41, 5.74) is 3.06. The number of benzene rings is 1. The zero-order valence-electron chi connectivity index (χ0n) is 15.4. The summed E-state index contributed by atoms with van der Waals surface area (Å²) in [7, 11) is 3.59. The van der Waals surface area contributed by atoms with Gasteiger partial charge in [-0.25, -0.2) is 4.79 Å². The lowest BCUT2D eigenvalue weighted by Crippen LogP contribution is -2.34. The van der Waals surface area contributed by atoms with Gasteiger partial charge in [0.25, 0.3) is 0 Å². The smallest absolute Gasteiger partial charge is 0.337 e. The number of hydrogen-bond acceptors (Lipinski definition) is 4. The van der Waals surface area contributed by atoms with Gasteiger partial charge in [-0.3, -0.25) is 0 Å². The fourth-order valence-electron chi connectivity index (χ4n) is 2.63. The first-order valence-electron chi connectivity index (χ1n) is 8.66. The number of likely N-dealkylation sites (N-methyl/N-ethyl adjacent to an activating group) is 2. The largest absolute Gasteiger partial charge is 0.465 e. The summed E-state index contributed by atoms with van der Waals surface area (Å²) in [5, 5.41) is 0. The topological polar surface area (TPSA) is 32.8 Å². The molecule has 0 spiro atoms. The number of aryl methyl sites for hydroxylation is 1. The number of rotatable bonds is 10. The highest BCUT2D eigenvalue weighted by Gasteiger charge is 2.09. The second-order valence-corrected chi connectivity index (χ2v) is 5.96. The molecule has 0 fully saturated rings. The maximum atomic E-state index is 11.8. The van der Waals surface area contributed by atoms with Gasteiger partial charge in [0.15, 0.2) is 0 Å². The highest BCUT2D eigenvalue weighted by atomic mass is 16.5. The van der Waals surface area contributed by atoms with Crippen molar-refractivity contribution in [3.05, 3.63) is 34.9 Å². The van der Waals surface area contributed by atoms with Crippen LogP contribution in [0.4, 0.5) is 0 Å². The summed E-state index contributed by atoms with van der Waals surface area (Å²) in [6.07, 6.45) is 1.88. The van der Waals surface area contributed by atoms with E-state index < -0.39 is 0 Å². The summed E-state index contributed by atoms with van der Waals surface area (Å²) in [5.74, 6) is -0.253. The maximum Gasteiger partial charge on any atom is 0.337 e. The lowest BCUT2D eigenvalue weighted by atomic mass is 10.0. The molecule has 0 amide bonds. The van der Waals surface area contributed by atoms with Crippen molar-refractivity contribution in [2.75, 3.05) is 46.9 Å². The third-order valence-corrected chi connectivity index (χ3v) is 4.36. The van der Waals surface area contributed by atoms with Crippen LogP contribution in [0.1, 0.15) is 42.3 Å². The molecule has 0 aliphatic rings. The van der Waals surface area contributed by atoms with Gasteiger partial charge in [-0.2, -0.15) is 0 Å². The Hall–Kier alpha value is -1.39. The fraction of sp³-hybridized carbons (Fsp3) is 0.632. The van der Waals surface area contributed by atoms with Gasteiger partial charge in [0.05, 0.1) is 12.7 Å². The van der Waals surface area contributed by atoms with E-state index in [0.29, 0.717) is 5.56 Å². The third-order valence-electron chi connectivity index (χ3n) is 4.36. The summed E-state index contributed by atoms with van der Waals surface area (Å²) < 4.78 is 4.85. The molecule has 1 aromatic carbocycles. The highest BCUT2D eigenvalue weighted by molar-refractivity contribution is 5.89. The number of ether oxygens (including phenoxy) is 1. The number of nitrogens with zero attached hydrogens (tertiary/aromatic N) is 2. The first kappa shape index (κ1) is 19.7. The van der Waals surface area contributed by atoms with Crippen molar-refractivity contribution in [2.45, 2.75) is 33.6 Å². The summed E-state index contributed by atoms with van der Waals surface area (Å²) >= 11 is 0. The molecule has 0 aliphatic carbocycles. The zero-order valence-corrected chi connectivity index (χ0v) is 15.4. The van der Waals surface area contributed by atoms with Crippen LogP contribution in [0, 0.1) is 0 Å². The summed E-state index contributed by atoms with van der Waals surface area (Å²) in [6.45, 7) is 11.9. The minimum atomic E-state index is -0.253. The number of esters is 1. The van der Waals surface area contributed by atoms with E-state index in [1.54, 1.807) is 0 Å². The molecule has 0 aromatic heterocycles. The average Bonchev–Trinajstić information content (AvgIpc) is 2.59. The molecular weight excluding hydrogens is 288 g/mol. The Morgan fingerprint density at radius 1 is 1.00 bits per heavy atom. The molecule has 130 valence electrons. The molecule has 0 unspecified atom stereocenters. The van der Waals surface area contributed by atoms with Crippen LogP contribution >= 0.6 is 0 Å². The predicted octanol–water partition coefficient (Wildman–Crippen LogP) is 2.85.